The molecule has 4 heteroatoms. The molecule has 0 amide bonds. The van der Waals surface area contributed by atoms with Gasteiger partial charge in [-0.05, 0) is 32.4 Å². The van der Waals surface area contributed by atoms with Crippen molar-refractivity contribution in [1.82, 2.24) is 0 Å². The molecule has 0 fully saturated rings. The Morgan fingerprint density at radius 2 is 2.12 bits per heavy atom. The molecule has 0 radical (unpaired) electrons. The SMILES string of the molecule is COc1ccc(N(CCCO)C(C)C)c(N)c1. The molecule has 0 aromatic heterocycles. The van der Waals surface area contributed by atoms with Crippen LogP contribution in [0.3, 0.4) is 0 Å². The predicted octanol–water partition coefficient (Wildman–Crippen LogP) is 1.87. The van der Waals surface area contributed by atoms with Crippen LogP contribution in [0, 0.1) is 0 Å². The summed E-state index contributed by atoms with van der Waals surface area (Å²) >= 11 is 0. The molecule has 4 nitrogen and oxygen atoms in total. The van der Waals surface area contributed by atoms with Crippen molar-refractivity contribution in [3.63, 3.8) is 0 Å². The molecule has 0 heterocycles. The molecule has 0 aliphatic rings. The van der Waals surface area contributed by atoms with Crippen LogP contribution in [-0.2, 0) is 0 Å². The molecule has 1 rings (SSSR count). The summed E-state index contributed by atoms with van der Waals surface area (Å²) in [6.07, 6.45) is 0.740. The fourth-order valence-electron chi connectivity index (χ4n) is 1.82. The van der Waals surface area contributed by atoms with Crippen molar-refractivity contribution in [3.8, 4) is 5.75 Å². The summed E-state index contributed by atoms with van der Waals surface area (Å²) in [6.45, 7) is 5.21. The van der Waals surface area contributed by atoms with Crippen molar-refractivity contribution in [2.75, 3.05) is 30.9 Å². The number of nitrogen functional groups attached to an aromatic ring is 1. The molecular formula is C13H22N2O2. The van der Waals surface area contributed by atoms with Crippen molar-refractivity contribution in [2.24, 2.45) is 0 Å². The topological polar surface area (TPSA) is 58.7 Å². The predicted molar refractivity (Wildman–Crippen MR) is 71.6 cm³/mol. The maximum atomic E-state index is 8.92. The number of rotatable bonds is 6. The summed E-state index contributed by atoms with van der Waals surface area (Å²) in [5.74, 6) is 0.761. The molecule has 0 saturated carbocycles. The number of nitrogens with zero attached hydrogens (tertiary/aromatic N) is 1. The second-order valence-electron chi connectivity index (χ2n) is 4.29. The minimum absolute atomic E-state index is 0.194. The monoisotopic (exact) mass is 238 g/mol. The van der Waals surface area contributed by atoms with Crippen LogP contribution in [0.15, 0.2) is 18.2 Å². The number of benzene rings is 1. The second kappa shape index (κ2) is 6.35. The number of aliphatic hydroxyl groups excluding tert-OH is 1. The van der Waals surface area contributed by atoms with E-state index in [9.17, 15) is 0 Å². The van der Waals surface area contributed by atoms with E-state index in [4.69, 9.17) is 15.6 Å². The zero-order valence-corrected chi connectivity index (χ0v) is 10.8. The number of nitrogens with two attached hydrogens (primary N) is 1. The van der Waals surface area contributed by atoms with E-state index >= 15 is 0 Å². The van der Waals surface area contributed by atoms with Gasteiger partial charge in [0.25, 0.3) is 0 Å². The zero-order chi connectivity index (χ0) is 12.8. The molecule has 0 saturated heterocycles. The second-order valence-corrected chi connectivity index (χ2v) is 4.29. The Balaban J connectivity index is 2.93. The van der Waals surface area contributed by atoms with Gasteiger partial charge in [0.15, 0.2) is 0 Å². The Bertz CT molecular complexity index is 353. The van der Waals surface area contributed by atoms with Crippen LogP contribution in [0.1, 0.15) is 20.3 Å². The van der Waals surface area contributed by atoms with Gasteiger partial charge in [-0.1, -0.05) is 0 Å². The number of ether oxygens (including phenoxy) is 1. The van der Waals surface area contributed by atoms with E-state index in [1.807, 2.05) is 18.2 Å². The minimum atomic E-state index is 0.194. The summed E-state index contributed by atoms with van der Waals surface area (Å²) in [4.78, 5) is 2.19. The van der Waals surface area contributed by atoms with Crippen molar-refractivity contribution in [3.05, 3.63) is 18.2 Å². The summed E-state index contributed by atoms with van der Waals surface area (Å²) in [5.41, 5.74) is 7.72. The van der Waals surface area contributed by atoms with Gasteiger partial charge in [-0.2, -0.15) is 0 Å². The molecule has 3 N–H and O–H groups in total. The highest BCUT2D eigenvalue weighted by molar-refractivity contribution is 5.69. The summed E-state index contributed by atoms with van der Waals surface area (Å²) < 4.78 is 5.13. The molecule has 0 spiro atoms. The highest BCUT2D eigenvalue weighted by Gasteiger charge is 2.13. The third-order valence-corrected chi connectivity index (χ3v) is 2.72. The highest BCUT2D eigenvalue weighted by Crippen LogP contribution is 2.29. The zero-order valence-electron chi connectivity index (χ0n) is 10.8. The van der Waals surface area contributed by atoms with Crippen LogP contribution in [0.5, 0.6) is 5.75 Å². The Labute approximate surface area is 103 Å². The third-order valence-electron chi connectivity index (χ3n) is 2.72. The lowest BCUT2D eigenvalue weighted by atomic mass is 10.2. The van der Waals surface area contributed by atoms with Crippen molar-refractivity contribution in [2.45, 2.75) is 26.3 Å². The van der Waals surface area contributed by atoms with Crippen LogP contribution >= 0.6 is 0 Å². The summed E-state index contributed by atoms with van der Waals surface area (Å²) in [7, 11) is 1.63. The fraction of sp³-hybridized carbons (Fsp3) is 0.538. The van der Waals surface area contributed by atoms with Gasteiger partial charge >= 0.3 is 0 Å². The van der Waals surface area contributed by atoms with Gasteiger partial charge in [0.2, 0.25) is 0 Å². The largest absolute Gasteiger partial charge is 0.497 e. The molecule has 0 bridgehead atoms. The average Bonchev–Trinajstić information content (AvgIpc) is 2.30. The molecule has 0 aliphatic heterocycles. The number of hydrogen-bond acceptors (Lipinski definition) is 4. The van der Waals surface area contributed by atoms with E-state index in [0.717, 1.165) is 24.4 Å². The van der Waals surface area contributed by atoms with E-state index in [1.54, 1.807) is 7.11 Å². The van der Waals surface area contributed by atoms with Crippen molar-refractivity contribution < 1.29 is 9.84 Å². The van der Waals surface area contributed by atoms with Gasteiger partial charge in [0, 0.05) is 25.3 Å². The van der Waals surface area contributed by atoms with Crippen LogP contribution in [0.25, 0.3) is 0 Å². The van der Waals surface area contributed by atoms with Crippen LogP contribution < -0.4 is 15.4 Å². The minimum Gasteiger partial charge on any atom is -0.497 e. The van der Waals surface area contributed by atoms with E-state index < -0.39 is 0 Å². The van der Waals surface area contributed by atoms with Gasteiger partial charge in [0.1, 0.15) is 5.75 Å². The molecule has 0 atom stereocenters. The Kier molecular flexibility index (Phi) is 5.10. The maximum Gasteiger partial charge on any atom is 0.121 e. The first-order valence-corrected chi connectivity index (χ1v) is 5.91. The fourth-order valence-corrected chi connectivity index (χ4v) is 1.82. The smallest absolute Gasteiger partial charge is 0.121 e. The number of anilines is 2. The lowest BCUT2D eigenvalue weighted by Crippen LogP contribution is -2.32. The number of methoxy groups -OCH3 is 1. The van der Waals surface area contributed by atoms with Gasteiger partial charge in [-0.3, -0.25) is 0 Å². The van der Waals surface area contributed by atoms with Crippen LogP contribution in [0.4, 0.5) is 11.4 Å². The molecule has 1 aromatic carbocycles. The van der Waals surface area contributed by atoms with Crippen LogP contribution in [-0.4, -0.2) is 31.4 Å². The Morgan fingerprint density at radius 3 is 2.59 bits per heavy atom. The first-order chi connectivity index (χ1) is 8.10. The lowest BCUT2D eigenvalue weighted by molar-refractivity contribution is 0.288. The molecule has 0 unspecified atom stereocenters. The summed E-state index contributed by atoms with van der Waals surface area (Å²) in [6, 6.07) is 6.03. The van der Waals surface area contributed by atoms with E-state index in [1.165, 1.54) is 0 Å². The molecule has 17 heavy (non-hydrogen) atoms. The molecule has 1 aromatic rings. The number of hydrogen-bond donors (Lipinski definition) is 2. The van der Waals surface area contributed by atoms with E-state index in [-0.39, 0.29) is 6.61 Å². The van der Waals surface area contributed by atoms with Crippen molar-refractivity contribution >= 4 is 11.4 Å². The Morgan fingerprint density at radius 1 is 1.41 bits per heavy atom. The third kappa shape index (κ3) is 3.53. The quantitative estimate of drug-likeness (QED) is 0.743. The van der Waals surface area contributed by atoms with Gasteiger partial charge in [-0.15, -0.1) is 0 Å². The van der Waals surface area contributed by atoms with Gasteiger partial charge in [0.05, 0.1) is 18.5 Å². The maximum absolute atomic E-state index is 8.92. The molecule has 0 aliphatic carbocycles. The molecule has 96 valence electrons. The summed E-state index contributed by atoms with van der Waals surface area (Å²) in [5, 5.41) is 8.92. The highest BCUT2D eigenvalue weighted by atomic mass is 16.5. The first kappa shape index (κ1) is 13.6. The Hall–Kier alpha value is -1.42. The molecular weight excluding hydrogens is 216 g/mol. The average molecular weight is 238 g/mol. The lowest BCUT2D eigenvalue weighted by Gasteiger charge is -2.30. The normalized spacial score (nSPS) is 10.6. The van der Waals surface area contributed by atoms with Gasteiger partial charge in [-0.25, -0.2) is 0 Å². The van der Waals surface area contributed by atoms with Crippen molar-refractivity contribution in [1.29, 1.82) is 0 Å². The van der Waals surface area contributed by atoms with Crippen LogP contribution in [0.2, 0.25) is 0 Å². The number of aliphatic hydroxyl groups is 1. The first-order valence-electron chi connectivity index (χ1n) is 5.91. The van der Waals surface area contributed by atoms with Gasteiger partial charge < -0.3 is 20.5 Å². The van der Waals surface area contributed by atoms with E-state index in [2.05, 4.69) is 18.7 Å². The standard InChI is InChI=1S/C13H22N2O2/c1-10(2)15(7-4-8-16)13-6-5-11(17-3)9-12(13)14/h5-6,9-10,16H,4,7-8,14H2,1-3H3. The van der Waals surface area contributed by atoms with E-state index in [0.29, 0.717) is 11.7 Å².